The summed E-state index contributed by atoms with van der Waals surface area (Å²) in [6.07, 6.45) is 5.47. The smallest absolute Gasteiger partial charge is 0.339 e. The van der Waals surface area contributed by atoms with Crippen LogP contribution in [0, 0.1) is 6.92 Å². The summed E-state index contributed by atoms with van der Waals surface area (Å²) in [5.74, 6) is -0.598. The van der Waals surface area contributed by atoms with E-state index in [-0.39, 0.29) is 24.1 Å². The minimum Gasteiger partial charge on any atom is -0.465 e. The first-order valence-electron chi connectivity index (χ1n) is 11.2. The molecule has 1 saturated heterocycles. The Morgan fingerprint density at radius 1 is 1.32 bits per heavy atom. The van der Waals surface area contributed by atoms with Gasteiger partial charge in [0.05, 0.1) is 38.1 Å². The first kappa shape index (κ1) is 23.4. The summed E-state index contributed by atoms with van der Waals surface area (Å²) in [6.45, 7) is 4.85. The molecule has 34 heavy (non-hydrogen) atoms. The second-order valence-electron chi connectivity index (χ2n) is 8.17. The molecule has 1 aliphatic rings. The zero-order chi connectivity index (χ0) is 24.2. The van der Waals surface area contributed by atoms with E-state index in [1.165, 1.54) is 11.8 Å². The first-order valence-corrected chi connectivity index (χ1v) is 11.2. The maximum Gasteiger partial charge on any atom is 0.339 e. The van der Waals surface area contributed by atoms with E-state index >= 15 is 0 Å². The number of likely N-dealkylation sites (tertiary alicyclic amines) is 1. The Hall–Kier alpha value is -3.73. The SMILES string of the molecule is CCc1[nH]c(C(=O)N2CCC[C@H]2COCc2cn(-c3ccc[nH]c3=O)nn2)c(C)c1C(=O)OC. The van der Waals surface area contributed by atoms with Crippen LogP contribution in [0.2, 0.25) is 0 Å². The number of H-pyrrole nitrogens is 2. The molecule has 4 rings (SSSR count). The molecule has 11 heteroatoms. The Morgan fingerprint density at radius 3 is 2.88 bits per heavy atom. The number of aromatic amines is 2. The van der Waals surface area contributed by atoms with E-state index in [1.54, 1.807) is 36.4 Å². The molecule has 11 nitrogen and oxygen atoms in total. The van der Waals surface area contributed by atoms with Crippen molar-refractivity contribution in [3.05, 3.63) is 63.1 Å². The number of pyridine rings is 1. The topological polar surface area (TPSA) is 135 Å². The van der Waals surface area contributed by atoms with Crippen molar-refractivity contribution in [1.82, 2.24) is 29.9 Å². The third kappa shape index (κ3) is 4.51. The van der Waals surface area contributed by atoms with E-state index < -0.39 is 5.97 Å². The molecule has 0 spiro atoms. The largest absolute Gasteiger partial charge is 0.465 e. The van der Waals surface area contributed by atoms with Crippen LogP contribution < -0.4 is 5.56 Å². The van der Waals surface area contributed by atoms with Gasteiger partial charge in [-0.2, -0.15) is 0 Å². The third-order valence-corrected chi connectivity index (χ3v) is 6.07. The summed E-state index contributed by atoms with van der Waals surface area (Å²) in [6, 6.07) is 3.27. The van der Waals surface area contributed by atoms with Gasteiger partial charge in [0.2, 0.25) is 0 Å². The van der Waals surface area contributed by atoms with E-state index in [9.17, 15) is 14.4 Å². The fourth-order valence-electron chi connectivity index (χ4n) is 4.31. The minimum absolute atomic E-state index is 0.0890. The molecule has 3 aromatic heterocycles. The first-order chi connectivity index (χ1) is 16.4. The zero-order valence-electron chi connectivity index (χ0n) is 19.5. The summed E-state index contributed by atoms with van der Waals surface area (Å²) in [7, 11) is 1.33. The lowest BCUT2D eigenvalue weighted by Gasteiger charge is -2.24. The van der Waals surface area contributed by atoms with Crippen LogP contribution in [-0.4, -0.2) is 68.0 Å². The van der Waals surface area contributed by atoms with Gasteiger partial charge in [0.15, 0.2) is 0 Å². The fraction of sp³-hybridized carbons (Fsp3) is 0.435. The molecule has 0 bridgehead atoms. The Bertz CT molecular complexity index is 1240. The average Bonchev–Trinajstić information content (AvgIpc) is 3.57. The van der Waals surface area contributed by atoms with Crippen molar-refractivity contribution in [3.63, 3.8) is 0 Å². The number of nitrogens with zero attached hydrogens (tertiary/aromatic N) is 4. The summed E-state index contributed by atoms with van der Waals surface area (Å²) >= 11 is 0. The van der Waals surface area contributed by atoms with Crippen molar-refractivity contribution in [1.29, 1.82) is 0 Å². The lowest BCUT2D eigenvalue weighted by atomic mass is 10.1. The number of carbonyl (C=O) groups is 2. The minimum atomic E-state index is -0.448. The molecule has 0 saturated carbocycles. The predicted molar refractivity (Wildman–Crippen MR) is 122 cm³/mol. The van der Waals surface area contributed by atoms with Crippen LogP contribution in [0.25, 0.3) is 5.69 Å². The molecular weight excluding hydrogens is 440 g/mol. The van der Waals surface area contributed by atoms with Crippen LogP contribution in [0.4, 0.5) is 0 Å². The van der Waals surface area contributed by atoms with E-state index in [4.69, 9.17) is 9.47 Å². The van der Waals surface area contributed by atoms with Crippen LogP contribution in [0.15, 0.2) is 29.3 Å². The lowest BCUT2D eigenvalue weighted by Crippen LogP contribution is -2.38. The highest BCUT2D eigenvalue weighted by Crippen LogP contribution is 2.25. The number of rotatable bonds is 8. The average molecular weight is 469 g/mol. The molecule has 180 valence electrons. The number of hydrogen-bond acceptors (Lipinski definition) is 7. The van der Waals surface area contributed by atoms with Gasteiger partial charge in [-0.1, -0.05) is 12.1 Å². The molecule has 2 N–H and O–H groups in total. The van der Waals surface area contributed by atoms with Crippen molar-refractivity contribution >= 4 is 11.9 Å². The fourth-order valence-corrected chi connectivity index (χ4v) is 4.31. The Balaban J connectivity index is 1.41. The molecule has 1 atom stereocenters. The number of esters is 1. The van der Waals surface area contributed by atoms with Crippen LogP contribution in [0.1, 0.15) is 57.6 Å². The number of carbonyl (C=O) groups excluding carboxylic acids is 2. The van der Waals surface area contributed by atoms with E-state index in [2.05, 4.69) is 20.3 Å². The van der Waals surface area contributed by atoms with Gasteiger partial charge in [-0.3, -0.25) is 9.59 Å². The molecule has 0 aliphatic carbocycles. The highest BCUT2D eigenvalue weighted by Gasteiger charge is 2.33. The van der Waals surface area contributed by atoms with Crippen LogP contribution in [0.3, 0.4) is 0 Å². The van der Waals surface area contributed by atoms with Crippen molar-refractivity contribution in [3.8, 4) is 5.69 Å². The molecule has 0 unspecified atom stereocenters. The molecule has 4 heterocycles. The van der Waals surface area contributed by atoms with Crippen molar-refractivity contribution in [2.45, 2.75) is 45.8 Å². The molecule has 1 fully saturated rings. The summed E-state index contributed by atoms with van der Waals surface area (Å²) < 4.78 is 12.2. The molecule has 0 aromatic carbocycles. The predicted octanol–water partition coefficient (Wildman–Crippen LogP) is 1.76. The monoisotopic (exact) mass is 468 g/mol. The van der Waals surface area contributed by atoms with Gasteiger partial charge < -0.3 is 24.3 Å². The maximum absolute atomic E-state index is 13.3. The number of aryl methyl sites for hydroxylation is 1. The van der Waals surface area contributed by atoms with Crippen molar-refractivity contribution in [2.24, 2.45) is 0 Å². The van der Waals surface area contributed by atoms with Gasteiger partial charge >= 0.3 is 5.97 Å². The molecule has 1 aliphatic heterocycles. The number of amides is 1. The van der Waals surface area contributed by atoms with E-state index in [0.29, 0.717) is 53.5 Å². The van der Waals surface area contributed by atoms with Gasteiger partial charge in [0.25, 0.3) is 11.5 Å². The summed E-state index contributed by atoms with van der Waals surface area (Å²) in [4.78, 5) is 45.0. The standard InChI is InChI=1S/C23H28N6O5/c1-4-17-19(23(32)33-3)14(2)20(25-17)22(31)28-10-6-7-16(28)13-34-12-15-11-29(27-26-15)18-8-5-9-24-21(18)30/h5,8-9,11,16,25H,4,6-7,10,12-13H2,1-3H3,(H,24,30)/t16-/m0/s1. The highest BCUT2D eigenvalue weighted by atomic mass is 16.5. The summed E-state index contributed by atoms with van der Waals surface area (Å²) in [5.41, 5.74) is 2.83. The van der Waals surface area contributed by atoms with Gasteiger partial charge in [0.1, 0.15) is 17.1 Å². The number of aromatic nitrogens is 5. The van der Waals surface area contributed by atoms with E-state index in [1.807, 2.05) is 6.92 Å². The van der Waals surface area contributed by atoms with Crippen molar-refractivity contribution in [2.75, 3.05) is 20.3 Å². The highest BCUT2D eigenvalue weighted by molar-refractivity contribution is 6.00. The van der Waals surface area contributed by atoms with Gasteiger partial charge in [-0.15, -0.1) is 5.10 Å². The number of nitrogens with one attached hydrogen (secondary N) is 2. The third-order valence-electron chi connectivity index (χ3n) is 6.07. The number of methoxy groups -OCH3 is 1. The van der Waals surface area contributed by atoms with Gasteiger partial charge in [0, 0.05) is 18.4 Å². The second-order valence-corrected chi connectivity index (χ2v) is 8.17. The lowest BCUT2D eigenvalue weighted by molar-refractivity contribution is 0.0485. The van der Waals surface area contributed by atoms with Crippen LogP contribution in [-0.2, 0) is 22.5 Å². The Labute approximate surface area is 196 Å². The number of hydrogen-bond donors (Lipinski definition) is 2. The Morgan fingerprint density at radius 2 is 2.15 bits per heavy atom. The zero-order valence-corrected chi connectivity index (χ0v) is 19.5. The van der Waals surface area contributed by atoms with E-state index in [0.717, 1.165) is 12.8 Å². The van der Waals surface area contributed by atoms with Crippen LogP contribution in [0.5, 0.6) is 0 Å². The molecule has 1 amide bonds. The van der Waals surface area contributed by atoms with Gasteiger partial charge in [-0.25, -0.2) is 9.48 Å². The maximum atomic E-state index is 13.3. The normalized spacial score (nSPS) is 15.6. The Kier molecular flexibility index (Phi) is 6.92. The molecular formula is C23H28N6O5. The quantitative estimate of drug-likeness (QED) is 0.481. The molecule has 3 aromatic rings. The molecule has 0 radical (unpaired) electrons. The summed E-state index contributed by atoms with van der Waals surface area (Å²) in [5, 5.41) is 8.05. The van der Waals surface area contributed by atoms with Crippen LogP contribution >= 0.6 is 0 Å². The number of ether oxygens (including phenoxy) is 2. The van der Waals surface area contributed by atoms with Crippen molar-refractivity contribution < 1.29 is 19.1 Å². The van der Waals surface area contributed by atoms with Gasteiger partial charge in [-0.05, 0) is 43.9 Å². The second kappa shape index (κ2) is 10.0.